The van der Waals surface area contributed by atoms with Gasteiger partial charge in [-0.05, 0) is 23.1 Å². The van der Waals surface area contributed by atoms with Crippen LogP contribution in [0.4, 0.5) is 0 Å². The van der Waals surface area contributed by atoms with Crippen molar-refractivity contribution in [2.75, 3.05) is 0 Å². The number of rotatable bonds is 3. The highest BCUT2D eigenvalue weighted by atomic mass is 32.2. The molecule has 2 aromatic heterocycles. The molecule has 2 heterocycles. The fourth-order valence-corrected chi connectivity index (χ4v) is 3.78. The number of hydrogen-bond acceptors (Lipinski definition) is 5. The lowest BCUT2D eigenvalue weighted by atomic mass is 10.1. The third kappa shape index (κ3) is 2.58. The Morgan fingerprint density at radius 2 is 2.19 bits per heavy atom. The van der Waals surface area contributed by atoms with Gasteiger partial charge in [-0.2, -0.15) is 5.26 Å². The second-order valence-electron chi connectivity index (χ2n) is 4.45. The van der Waals surface area contributed by atoms with Crippen LogP contribution < -0.4 is 5.56 Å². The number of benzene rings is 1. The first-order valence-corrected chi connectivity index (χ1v) is 8.12. The van der Waals surface area contributed by atoms with Crippen molar-refractivity contribution in [3.63, 3.8) is 0 Å². The summed E-state index contributed by atoms with van der Waals surface area (Å²) in [4.78, 5) is 16.7. The Morgan fingerprint density at radius 1 is 1.38 bits per heavy atom. The second kappa shape index (κ2) is 5.72. The minimum atomic E-state index is -0.0222. The highest BCUT2D eigenvalue weighted by Gasteiger charge is 2.10. The van der Waals surface area contributed by atoms with Gasteiger partial charge in [-0.3, -0.25) is 9.36 Å². The molecule has 1 aromatic carbocycles. The average molecular weight is 313 g/mol. The van der Waals surface area contributed by atoms with Crippen molar-refractivity contribution in [1.29, 1.82) is 5.26 Å². The molecule has 0 N–H and O–H groups in total. The smallest absolute Gasteiger partial charge is 0.271 e. The summed E-state index contributed by atoms with van der Waals surface area (Å²) in [6.07, 6.45) is 0. The number of fused-ring (bicyclic) bond motifs is 1. The predicted molar refractivity (Wildman–Crippen MR) is 85.6 cm³/mol. The quantitative estimate of drug-likeness (QED) is 0.550. The van der Waals surface area contributed by atoms with E-state index in [0.717, 1.165) is 11.1 Å². The largest absolute Gasteiger partial charge is 0.290 e. The summed E-state index contributed by atoms with van der Waals surface area (Å²) >= 11 is 2.88. The van der Waals surface area contributed by atoms with E-state index in [1.54, 1.807) is 17.7 Å². The van der Waals surface area contributed by atoms with Gasteiger partial charge in [-0.25, -0.2) is 4.98 Å². The maximum Gasteiger partial charge on any atom is 0.271 e. The molecule has 6 heteroatoms. The Hall–Kier alpha value is -2.10. The Kier molecular flexibility index (Phi) is 3.78. The van der Waals surface area contributed by atoms with Crippen LogP contribution in [0.3, 0.4) is 0 Å². The number of nitrogens with zero attached hydrogens (tertiary/aromatic N) is 3. The molecule has 0 aliphatic carbocycles. The van der Waals surface area contributed by atoms with Crippen LogP contribution in [0.15, 0.2) is 45.7 Å². The summed E-state index contributed by atoms with van der Waals surface area (Å²) in [5.41, 5.74) is 2.32. The van der Waals surface area contributed by atoms with E-state index in [1.165, 1.54) is 23.1 Å². The molecular formula is C15H11N3OS2. The van der Waals surface area contributed by atoms with Crippen molar-refractivity contribution < 1.29 is 0 Å². The fraction of sp³-hybridized carbons (Fsp3) is 0.133. The lowest BCUT2D eigenvalue weighted by molar-refractivity contribution is 0.728. The number of nitriles is 1. The van der Waals surface area contributed by atoms with E-state index in [1.807, 2.05) is 29.6 Å². The summed E-state index contributed by atoms with van der Waals surface area (Å²) in [6, 6.07) is 11.5. The maximum atomic E-state index is 12.2. The molecule has 0 radical (unpaired) electrons. The molecule has 3 rings (SSSR count). The van der Waals surface area contributed by atoms with E-state index >= 15 is 0 Å². The average Bonchev–Trinajstić information content (AvgIpc) is 2.98. The van der Waals surface area contributed by atoms with Crippen molar-refractivity contribution in [3.05, 3.63) is 57.2 Å². The first-order chi connectivity index (χ1) is 10.2. The Balaban J connectivity index is 1.94. The highest BCUT2D eigenvalue weighted by Crippen LogP contribution is 2.24. The summed E-state index contributed by atoms with van der Waals surface area (Å²) in [5, 5.41) is 11.6. The van der Waals surface area contributed by atoms with E-state index in [2.05, 4.69) is 11.1 Å². The molecule has 0 spiro atoms. The van der Waals surface area contributed by atoms with Gasteiger partial charge in [0.15, 0.2) is 5.16 Å². The third-order valence-corrected chi connectivity index (χ3v) is 5.11. The van der Waals surface area contributed by atoms with Crippen LogP contribution in [0.1, 0.15) is 11.1 Å². The highest BCUT2D eigenvalue weighted by molar-refractivity contribution is 7.98. The molecule has 0 fully saturated rings. The number of thioether (sulfide) groups is 1. The van der Waals surface area contributed by atoms with E-state index in [9.17, 15) is 4.79 Å². The van der Waals surface area contributed by atoms with Gasteiger partial charge in [0, 0.05) is 12.8 Å². The predicted octanol–water partition coefficient (Wildman–Crippen LogP) is 3.16. The van der Waals surface area contributed by atoms with Gasteiger partial charge in [0.25, 0.3) is 5.56 Å². The molecule has 0 aliphatic rings. The minimum Gasteiger partial charge on any atom is -0.290 e. The molecule has 104 valence electrons. The molecule has 0 saturated heterocycles. The number of thiophene rings is 1. The zero-order valence-electron chi connectivity index (χ0n) is 11.2. The van der Waals surface area contributed by atoms with E-state index in [0.29, 0.717) is 21.2 Å². The van der Waals surface area contributed by atoms with Crippen molar-refractivity contribution in [2.24, 2.45) is 7.05 Å². The first kappa shape index (κ1) is 13.9. The topological polar surface area (TPSA) is 58.7 Å². The lowest BCUT2D eigenvalue weighted by Crippen LogP contribution is -2.18. The molecule has 0 aliphatic heterocycles. The Morgan fingerprint density at radius 3 is 3.00 bits per heavy atom. The van der Waals surface area contributed by atoms with Gasteiger partial charge in [0.05, 0.1) is 17.1 Å². The molecule has 0 saturated carbocycles. The molecule has 0 bridgehead atoms. The van der Waals surface area contributed by atoms with E-state index < -0.39 is 0 Å². The summed E-state index contributed by atoms with van der Waals surface area (Å²) < 4.78 is 2.25. The lowest BCUT2D eigenvalue weighted by Gasteiger charge is -2.07. The zero-order chi connectivity index (χ0) is 14.8. The van der Waals surface area contributed by atoms with Crippen LogP contribution in [0.5, 0.6) is 0 Å². The van der Waals surface area contributed by atoms with Gasteiger partial charge in [-0.15, -0.1) is 11.3 Å². The molecular weight excluding hydrogens is 302 g/mol. The minimum absolute atomic E-state index is 0.0222. The van der Waals surface area contributed by atoms with Crippen LogP contribution in [0.2, 0.25) is 0 Å². The Bertz CT molecular complexity index is 905. The molecule has 3 aromatic rings. The maximum absolute atomic E-state index is 12.2. The normalized spacial score (nSPS) is 10.7. The van der Waals surface area contributed by atoms with Crippen LogP contribution >= 0.6 is 23.1 Å². The summed E-state index contributed by atoms with van der Waals surface area (Å²) in [5.74, 6) is 0.611. The molecule has 21 heavy (non-hydrogen) atoms. The standard InChI is InChI=1S/C15H11N3OS2/c1-18-14(19)13-12(6-7-20-13)17-15(18)21-9-11-5-3-2-4-10(11)8-16/h2-7H,9H2,1H3. The van der Waals surface area contributed by atoms with Gasteiger partial charge in [0.2, 0.25) is 0 Å². The third-order valence-electron chi connectivity index (χ3n) is 3.14. The van der Waals surface area contributed by atoms with Gasteiger partial charge in [0.1, 0.15) is 4.70 Å². The van der Waals surface area contributed by atoms with Crippen molar-refractivity contribution in [3.8, 4) is 6.07 Å². The SMILES string of the molecule is Cn1c(SCc2ccccc2C#N)nc2ccsc2c1=O. The second-order valence-corrected chi connectivity index (χ2v) is 6.31. The fourth-order valence-electron chi connectivity index (χ4n) is 1.99. The molecule has 0 amide bonds. The van der Waals surface area contributed by atoms with E-state index in [-0.39, 0.29) is 5.56 Å². The zero-order valence-corrected chi connectivity index (χ0v) is 12.9. The summed E-state index contributed by atoms with van der Waals surface area (Å²) in [7, 11) is 1.73. The van der Waals surface area contributed by atoms with Crippen molar-refractivity contribution in [2.45, 2.75) is 10.9 Å². The van der Waals surface area contributed by atoms with Crippen LogP contribution in [-0.2, 0) is 12.8 Å². The Labute approximate surface area is 129 Å². The van der Waals surface area contributed by atoms with Gasteiger partial charge >= 0.3 is 0 Å². The molecule has 4 nitrogen and oxygen atoms in total. The van der Waals surface area contributed by atoms with E-state index in [4.69, 9.17) is 5.26 Å². The summed E-state index contributed by atoms with van der Waals surface area (Å²) in [6.45, 7) is 0. The number of aromatic nitrogens is 2. The number of hydrogen-bond donors (Lipinski definition) is 0. The van der Waals surface area contributed by atoms with Crippen LogP contribution in [0.25, 0.3) is 10.2 Å². The first-order valence-electron chi connectivity index (χ1n) is 6.25. The van der Waals surface area contributed by atoms with Crippen molar-refractivity contribution in [1.82, 2.24) is 9.55 Å². The van der Waals surface area contributed by atoms with Crippen LogP contribution in [0, 0.1) is 11.3 Å². The van der Waals surface area contributed by atoms with Crippen LogP contribution in [-0.4, -0.2) is 9.55 Å². The molecule has 0 unspecified atom stereocenters. The van der Waals surface area contributed by atoms with Gasteiger partial charge in [-0.1, -0.05) is 30.0 Å². The monoisotopic (exact) mass is 313 g/mol. The van der Waals surface area contributed by atoms with Crippen molar-refractivity contribution >= 4 is 33.3 Å². The molecule has 0 atom stereocenters. The van der Waals surface area contributed by atoms with Gasteiger partial charge < -0.3 is 0 Å².